The lowest BCUT2D eigenvalue weighted by molar-refractivity contribution is 0.479. The first-order valence-electron chi connectivity index (χ1n) is 18.1. The van der Waals surface area contributed by atoms with Crippen molar-refractivity contribution in [1.29, 1.82) is 0 Å². The Kier molecular flexibility index (Phi) is 13.4. The summed E-state index contributed by atoms with van der Waals surface area (Å²) in [6, 6.07) is 39.2. The molecule has 0 radical (unpaired) electrons. The molecule has 0 saturated heterocycles. The lowest BCUT2D eigenvalue weighted by Crippen LogP contribution is -2.21. The maximum Gasteiger partial charge on any atom is 0.294 e. The highest BCUT2D eigenvalue weighted by atomic mass is 32.2. The van der Waals surface area contributed by atoms with E-state index < -0.39 is 26.0 Å². The van der Waals surface area contributed by atoms with Gasteiger partial charge >= 0.3 is 0 Å². The molecule has 54 heavy (non-hydrogen) atoms. The van der Waals surface area contributed by atoms with Crippen LogP contribution in [0.5, 0.6) is 0 Å². The molecule has 0 aromatic heterocycles. The van der Waals surface area contributed by atoms with Crippen molar-refractivity contribution >= 4 is 48.6 Å². The van der Waals surface area contributed by atoms with Crippen molar-refractivity contribution in [2.45, 2.75) is 51.3 Å². The average Bonchev–Trinajstić information content (AvgIpc) is 3.14. The molecule has 0 amide bonds. The summed E-state index contributed by atoms with van der Waals surface area (Å²) >= 11 is 0. The standard InChI is InChI=1S/C43H49N3O6S2/c1-5-44-36-20-16-33(17-21-36)29-41(34-18-24-38(25-19-34)46(6-2)37-22-13-31(3)14-23-37)42(40-30-39(54(50,51)52)26-15-32(40)4)43(35-11-8-7-9-12-35)45-27-10-28-53(47,48)49/h7-9,11-26,30,41,44-45H,5-6,10,27-29H2,1-4H3,(H,47,48,49)(H,50,51,52)/b43-42+. The van der Waals surface area contributed by atoms with Crippen LogP contribution < -0.4 is 15.5 Å². The number of hydrogen-bond acceptors (Lipinski definition) is 7. The van der Waals surface area contributed by atoms with Crippen molar-refractivity contribution in [3.63, 3.8) is 0 Å². The molecule has 0 heterocycles. The molecular formula is C43H49N3O6S2. The SMILES string of the molecule is CCNc1ccc(CC(/C(=C(/NCCCS(=O)(=O)O)c2ccccc2)c2cc(S(=O)(=O)O)ccc2C)c2ccc(N(CC)c3ccc(C)cc3)cc2)cc1. The third kappa shape index (κ3) is 10.6. The lowest BCUT2D eigenvalue weighted by Gasteiger charge is -2.29. The Morgan fingerprint density at radius 1 is 0.759 bits per heavy atom. The predicted octanol–water partition coefficient (Wildman–Crippen LogP) is 8.90. The van der Waals surface area contributed by atoms with Crippen LogP contribution in [0.15, 0.2) is 126 Å². The van der Waals surface area contributed by atoms with Crippen LogP contribution in [0, 0.1) is 13.8 Å². The minimum atomic E-state index is -4.56. The monoisotopic (exact) mass is 767 g/mol. The Bertz CT molecular complexity index is 2260. The molecule has 5 rings (SSSR count). The Balaban J connectivity index is 1.76. The Labute approximate surface area is 320 Å². The molecule has 1 unspecified atom stereocenters. The van der Waals surface area contributed by atoms with Gasteiger partial charge in [0.05, 0.1) is 10.6 Å². The number of allylic oxidation sites excluding steroid dienone is 1. The summed E-state index contributed by atoms with van der Waals surface area (Å²) in [4.78, 5) is 2.00. The van der Waals surface area contributed by atoms with E-state index in [1.165, 1.54) is 17.7 Å². The number of nitrogens with zero attached hydrogens (tertiary/aromatic N) is 1. The van der Waals surface area contributed by atoms with Crippen LogP contribution in [0.4, 0.5) is 17.1 Å². The van der Waals surface area contributed by atoms with Crippen molar-refractivity contribution in [3.8, 4) is 0 Å². The van der Waals surface area contributed by atoms with Gasteiger partial charge in [0.1, 0.15) is 0 Å². The van der Waals surface area contributed by atoms with Crippen LogP contribution in [-0.4, -0.2) is 51.3 Å². The highest BCUT2D eigenvalue weighted by molar-refractivity contribution is 7.86. The molecule has 0 spiro atoms. The van der Waals surface area contributed by atoms with Gasteiger partial charge in [-0.1, -0.05) is 78.4 Å². The van der Waals surface area contributed by atoms with E-state index in [4.69, 9.17) is 0 Å². The van der Waals surface area contributed by atoms with E-state index >= 15 is 0 Å². The molecule has 0 aliphatic heterocycles. The van der Waals surface area contributed by atoms with Crippen LogP contribution in [-0.2, 0) is 26.7 Å². The fourth-order valence-electron chi connectivity index (χ4n) is 6.68. The second-order valence-corrected chi connectivity index (χ2v) is 16.3. The summed E-state index contributed by atoms with van der Waals surface area (Å²) in [7, 11) is -8.75. The second-order valence-electron chi connectivity index (χ2n) is 13.3. The van der Waals surface area contributed by atoms with Crippen LogP contribution >= 0.6 is 0 Å². The maximum atomic E-state index is 12.6. The van der Waals surface area contributed by atoms with Crippen LogP contribution in [0.2, 0.25) is 0 Å². The van der Waals surface area contributed by atoms with Crippen LogP contribution in [0.25, 0.3) is 11.3 Å². The van der Waals surface area contributed by atoms with Crippen molar-refractivity contribution in [2.75, 3.05) is 35.6 Å². The molecule has 5 aromatic carbocycles. The first-order valence-corrected chi connectivity index (χ1v) is 21.2. The van der Waals surface area contributed by atoms with E-state index in [0.717, 1.165) is 58.0 Å². The Morgan fingerprint density at radius 2 is 1.39 bits per heavy atom. The number of benzene rings is 5. The van der Waals surface area contributed by atoms with E-state index in [1.54, 1.807) is 6.07 Å². The van der Waals surface area contributed by atoms with Gasteiger partial charge in [0, 0.05) is 48.3 Å². The average molecular weight is 768 g/mol. The zero-order valence-corrected chi connectivity index (χ0v) is 32.8. The summed E-state index contributed by atoms with van der Waals surface area (Å²) in [6.45, 7) is 9.85. The highest BCUT2D eigenvalue weighted by Crippen LogP contribution is 2.42. The summed E-state index contributed by atoms with van der Waals surface area (Å²) in [5, 5.41) is 6.84. The van der Waals surface area contributed by atoms with Gasteiger partial charge in [0.2, 0.25) is 0 Å². The number of rotatable bonds is 17. The topological polar surface area (TPSA) is 136 Å². The van der Waals surface area contributed by atoms with Crippen molar-refractivity contribution in [2.24, 2.45) is 0 Å². The molecule has 0 aliphatic carbocycles. The molecule has 0 fully saturated rings. The normalized spacial score (nSPS) is 12.9. The minimum Gasteiger partial charge on any atom is -0.385 e. The lowest BCUT2D eigenvalue weighted by atomic mass is 9.79. The van der Waals surface area contributed by atoms with Crippen molar-refractivity contribution < 1.29 is 25.9 Å². The van der Waals surface area contributed by atoms with E-state index in [1.807, 2.05) is 56.3 Å². The number of hydrogen-bond donors (Lipinski definition) is 4. The van der Waals surface area contributed by atoms with Gasteiger partial charge < -0.3 is 15.5 Å². The van der Waals surface area contributed by atoms with Gasteiger partial charge in [0.25, 0.3) is 20.2 Å². The molecule has 9 nitrogen and oxygen atoms in total. The number of anilines is 3. The van der Waals surface area contributed by atoms with E-state index in [9.17, 15) is 25.9 Å². The molecule has 0 bridgehead atoms. The molecule has 0 aliphatic rings. The third-order valence-electron chi connectivity index (χ3n) is 9.40. The fourth-order valence-corrected chi connectivity index (χ4v) is 7.70. The number of nitrogens with one attached hydrogen (secondary N) is 2. The van der Waals surface area contributed by atoms with Crippen LogP contribution in [0.1, 0.15) is 59.6 Å². The number of aryl methyl sites for hydroxylation is 2. The Morgan fingerprint density at radius 3 is 1.96 bits per heavy atom. The largest absolute Gasteiger partial charge is 0.385 e. The maximum absolute atomic E-state index is 12.6. The first kappa shape index (κ1) is 40.2. The second kappa shape index (κ2) is 17.9. The zero-order valence-electron chi connectivity index (χ0n) is 31.2. The highest BCUT2D eigenvalue weighted by Gasteiger charge is 2.27. The third-order valence-corrected chi connectivity index (χ3v) is 11.1. The van der Waals surface area contributed by atoms with Gasteiger partial charge in [-0.05, 0) is 122 Å². The van der Waals surface area contributed by atoms with Crippen molar-refractivity contribution in [1.82, 2.24) is 5.32 Å². The summed E-state index contributed by atoms with van der Waals surface area (Å²) in [6.07, 6.45) is 0.652. The fraction of sp³-hybridized carbons (Fsp3) is 0.256. The molecule has 5 aromatic rings. The molecule has 4 N–H and O–H groups in total. The van der Waals surface area contributed by atoms with E-state index in [-0.39, 0.29) is 23.8 Å². The van der Waals surface area contributed by atoms with Crippen molar-refractivity contribution in [3.05, 3.63) is 155 Å². The molecular weight excluding hydrogens is 719 g/mol. The summed E-state index contributed by atoms with van der Waals surface area (Å²) < 4.78 is 68.2. The molecule has 1 atom stereocenters. The van der Waals surface area contributed by atoms with Gasteiger partial charge in [-0.15, -0.1) is 0 Å². The first-order chi connectivity index (χ1) is 25.8. The van der Waals surface area contributed by atoms with Crippen LogP contribution in [0.3, 0.4) is 0 Å². The minimum absolute atomic E-state index is 0.129. The quantitative estimate of drug-likeness (QED) is 0.0416. The van der Waals surface area contributed by atoms with E-state index in [2.05, 4.69) is 90.0 Å². The smallest absolute Gasteiger partial charge is 0.294 e. The summed E-state index contributed by atoms with van der Waals surface area (Å²) in [5.74, 6) is -0.787. The van der Waals surface area contributed by atoms with E-state index in [0.29, 0.717) is 17.7 Å². The molecule has 0 saturated carbocycles. The zero-order chi connectivity index (χ0) is 38.9. The van der Waals surface area contributed by atoms with Gasteiger partial charge in [-0.3, -0.25) is 9.11 Å². The summed E-state index contributed by atoms with van der Waals surface area (Å²) in [5.41, 5.74) is 9.92. The van der Waals surface area contributed by atoms with Gasteiger partial charge in [-0.2, -0.15) is 16.8 Å². The van der Waals surface area contributed by atoms with Gasteiger partial charge in [-0.25, -0.2) is 0 Å². The molecule has 11 heteroatoms. The Hall–Kier alpha value is -4.94. The van der Waals surface area contributed by atoms with Gasteiger partial charge in [0.15, 0.2) is 0 Å². The predicted molar refractivity (Wildman–Crippen MR) is 221 cm³/mol. The molecule has 284 valence electrons.